The van der Waals surface area contributed by atoms with Gasteiger partial charge in [0.2, 0.25) is 0 Å². The van der Waals surface area contributed by atoms with E-state index in [1.807, 2.05) is 0 Å². The maximum Gasteiger partial charge on any atom is 0.0967 e. The summed E-state index contributed by atoms with van der Waals surface area (Å²) in [6, 6.07) is 0. The van der Waals surface area contributed by atoms with Crippen molar-refractivity contribution in [3.05, 3.63) is 0 Å². The zero-order valence-electron chi connectivity index (χ0n) is 12.3. The largest absolute Gasteiger partial charge is 0.323 e. The van der Waals surface area contributed by atoms with Gasteiger partial charge >= 0.3 is 0 Å². The molecule has 92 valence electrons. The van der Waals surface area contributed by atoms with E-state index < -0.39 is 0 Å². The summed E-state index contributed by atoms with van der Waals surface area (Å²) in [7, 11) is 6.86. The van der Waals surface area contributed by atoms with Gasteiger partial charge < -0.3 is 4.48 Å². The molecule has 15 heavy (non-hydrogen) atoms. The SMILES string of the molecule is CCN(C)C(C)(C)C[N+](C)(C)C(C)(C)C. The monoisotopic (exact) mass is 215 g/mol. The number of nitrogens with zero attached hydrogens (tertiary/aromatic N) is 2. The van der Waals surface area contributed by atoms with Crippen LogP contribution in [-0.2, 0) is 0 Å². The molecule has 2 nitrogen and oxygen atoms in total. The van der Waals surface area contributed by atoms with Crippen molar-refractivity contribution >= 4 is 0 Å². The number of rotatable bonds is 4. The molecule has 0 aliphatic carbocycles. The fourth-order valence-electron chi connectivity index (χ4n) is 1.75. The zero-order valence-corrected chi connectivity index (χ0v) is 12.3. The van der Waals surface area contributed by atoms with E-state index in [1.165, 1.54) is 6.54 Å². The van der Waals surface area contributed by atoms with Gasteiger partial charge in [-0.3, -0.25) is 4.90 Å². The fraction of sp³-hybridized carbons (Fsp3) is 1.00. The highest BCUT2D eigenvalue weighted by atomic mass is 15.4. The minimum atomic E-state index is 0.255. The Morgan fingerprint density at radius 1 is 1.00 bits per heavy atom. The molecule has 0 fully saturated rings. The lowest BCUT2D eigenvalue weighted by atomic mass is 9.96. The molecule has 0 saturated heterocycles. The van der Waals surface area contributed by atoms with E-state index in [-0.39, 0.29) is 5.54 Å². The van der Waals surface area contributed by atoms with Crippen molar-refractivity contribution in [2.75, 3.05) is 34.2 Å². The first-order chi connectivity index (χ1) is 6.44. The summed E-state index contributed by atoms with van der Waals surface area (Å²) in [6.45, 7) is 16.1. The molecular formula is C13H31N2+. The van der Waals surface area contributed by atoms with Crippen LogP contribution in [-0.4, -0.2) is 54.7 Å². The second-order valence-corrected chi connectivity index (χ2v) is 6.84. The Labute approximate surface area is 96.8 Å². The molecule has 0 spiro atoms. The third-order valence-corrected chi connectivity index (χ3v) is 4.11. The van der Waals surface area contributed by atoms with Crippen molar-refractivity contribution in [1.82, 2.24) is 4.90 Å². The Morgan fingerprint density at radius 3 is 1.67 bits per heavy atom. The third-order valence-electron chi connectivity index (χ3n) is 4.11. The van der Waals surface area contributed by atoms with Crippen molar-refractivity contribution in [1.29, 1.82) is 0 Å². The topological polar surface area (TPSA) is 3.24 Å². The van der Waals surface area contributed by atoms with Crippen LogP contribution in [0.3, 0.4) is 0 Å². The van der Waals surface area contributed by atoms with E-state index in [0.717, 1.165) is 11.0 Å². The molecule has 0 heterocycles. The summed E-state index contributed by atoms with van der Waals surface area (Å²) < 4.78 is 1.05. The predicted octanol–water partition coefficient (Wildman–Crippen LogP) is 2.59. The first kappa shape index (κ1) is 14.9. The first-order valence-electron chi connectivity index (χ1n) is 5.98. The van der Waals surface area contributed by atoms with E-state index in [9.17, 15) is 0 Å². The molecule has 0 saturated carbocycles. The smallest absolute Gasteiger partial charge is 0.0967 e. The molecule has 0 amide bonds. The van der Waals surface area contributed by atoms with Crippen LogP contribution in [0.4, 0.5) is 0 Å². The predicted molar refractivity (Wildman–Crippen MR) is 69.1 cm³/mol. The molecule has 0 N–H and O–H groups in total. The second kappa shape index (κ2) is 4.42. The van der Waals surface area contributed by atoms with Crippen molar-refractivity contribution < 1.29 is 4.48 Å². The summed E-state index contributed by atoms with van der Waals surface area (Å²) in [4.78, 5) is 2.43. The lowest BCUT2D eigenvalue weighted by molar-refractivity contribution is -0.939. The normalized spacial score (nSPS) is 14.8. The quantitative estimate of drug-likeness (QED) is 0.652. The van der Waals surface area contributed by atoms with Crippen LogP contribution in [0, 0.1) is 0 Å². The van der Waals surface area contributed by atoms with E-state index in [4.69, 9.17) is 0 Å². The maximum atomic E-state index is 2.43. The van der Waals surface area contributed by atoms with Gasteiger partial charge in [0.05, 0.1) is 31.7 Å². The van der Waals surface area contributed by atoms with Crippen LogP contribution in [0.25, 0.3) is 0 Å². The molecular weight excluding hydrogens is 184 g/mol. The van der Waals surface area contributed by atoms with Crippen LogP contribution in [0.5, 0.6) is 0 Å². The molecule has 0 aromatic rings. The van der Waals surface area contributed by atoms with E-state index in [2.05, 4.69) is 67.6 Å². The molecule has 2 heteroatoms. The lowest BCUT2D eigenvalue weighted by Crippen LogP contribution is -2.62. The molecule has 0 aliphatic heterocycles. The number of quaternary nitrogens is 1. The van der Waals surface area contributed by atoms with Crippen LogP contribution in [0.2, 0.25) is 0 Å². The van der Waals surface area contributed by atoms with E-state index in [1.54, 1.807) is 0 Å². The summed E-state index contributed by atoms with van der Waals surface area (Å²) in [6.07, 6.45) is 0. The zero-order chi connectivity index (χ0) is 12.5. The number of hydrogen-bond donors (Lipinski definition) is 0. The summed E-state index contributed by atoms with van der Waals surface area (Å²) >= 11 is 0. The lowest BCUT2D eigenvalue weighted by Gasteiger charge is -2.48. The van der Waals surface area contributed by atoms with Gasteiger partial charge in [-0.05, 0) is 48.2 Å². The highest BCUT2D eigenvalue weighted by Crippen LogP contribution is 2.25. The van der Waals surface area contributed by atoms with Gasteiger partial charge in [0.25, 0.3) is 0 Å². The summed E-state index contributed by atoms with van der Waals surface area (Å²) in [5.74, 6) is 0. The Kier molecular flexibility index (Phi) is 4.40. The highest BCUT2D eigenvalue weighted by Gasteiger charge is 2.38. The average molecular weight is 215 g/mol. The van der Waals surface area contributed by atoms with Crippen LogP contribution in [0.1, 0.15) is 41.5 Å². The van der Waals surface area contributed by atoms with Crippen molar-refractivity contribution in [2.45, 2.75) is 52.6 Å². The van der Waals surface area contributed by atoms with E-state index in [0.29, 0.717) is 5.54 Å². The maximum absolute atomic E-state index is 2.43. The number of likely N-dealkylation sites (N-methyl/N-ethyl adjacent to an activating group) is 2. The molecule has 0 rings (SSSR count). The molecule has 0 bridgehead atoms. The summed E-state index contributed by atoms with van der Waals surface area (Å²) in [5, 5.41) is 0. The van der Waals surface area contributed by atoms with Crippen molar-refractivity contribution in [3.63, 3.8) is 0 Å². The Morgan fingerprint density at radius 2 is 1.40 bits per heavy atom. The Bertz CT molecular complexity index is 199. The standard InChI is InChI=1S/C13H31N2/c1-10-14(7)13(5,6)11-15(8,9)12(2,3)4/h10-11H2,1-9H3/q+1. The van der Waals surface area contributed by atoms with Gasteiger partial charge in [-0.1, -0.05) is 6.92 Å². The van der Waals surface area contributed by atoms with Crippen LogP contribution in [0.15, 0.2) is 0 Å². The van der Waals surface area contributed by atoms with Gasteiger partial charge in [0, 0.05) is 0 Å². The summed E-state index contributed by atoms with van der Waals surface area (Å²) in [5.41, 5.74) is 0.553. The molecule has 0 radical (unpaired) electrons. The van der Waals surface area contributed by atoms with Gasteiger partial charge in [0.15, 0.2) is 0 Å². The second-order valence-electron chi connectivity index (χ2n) is 6.84. The molecule has 0 unspecified atom stereocenters. The molecule has 0 aromatic carbocycles. The number of hydrogen-bond acceptors (Lipinski definition) is 1. The van der Waals surface area contributed by atoms with Gasteiger partial charge in [-0.15, -0.1) is 0 Å². The fourth-order valence-corrected chi connectivity index (χ4v) is 1.75. The minimum absolute atomic E-state index is 0.255. The average Bonchev–Trinajstić information content (AvgIpc) is 1.98. The molecule has 0 atom stereocenters. The van der Waals surface area contributed by atoms with Crippen LogP contribution >= 0.6 is 0 Å². The van der Waals surface area contributed by atoms with Gasteiger partial charge in [-0.25, -0.2) is 0 Å². The van der Waals surface area contributed by atoms with E-state index >= 15 is 0 Å². The first-order valence-corrected chi connectivity index (χ1v) is 5.98. The third kappa shape index (κ3) is 3.76. The highest BCUT2D eigenvalue weighted by molar-refractivity contribution is 4.79. The Hall–Kier alpha value is -0.0800. The van der Waals surface area contributed by atoms with Crippen molar-refractivity contribution in [2.24, 2.45) is 0 Å². The van der Waals surface area contributed by atoms with Crippen molar-refractivity contribution in [3.8, 4) is 0 Å². The van der Waals surface area contributed by atoms with Gasteiger partial charge in [0.1, 0.15) is 0 Å². The van der Waals surface area contributed by atoms with Gasteiger partial charge in [-0.2, -0.15) is 0 Å². The van der Waals surface area contributed by atoms with Crippen LogP contribution < -0.4 is 0 Å². The Balaban J connectivity index is 4.72. The minimum Gasteiger partial charge on any atom is -0.323 e. The molecule has 0 aliphatic rings. The molecule has 0 aromatic heterocycles.